The predicted molar refractivity (Wildman–Crippen MR) is 94.9 cm³/mol. The molecule has 0 saturated heterocycles. The molecule has 3 aromatic rings. The minimum atomic E-state index is -0.635. The molecule has 1 heterocycles. The fourth-order valence-corrected chi connectivity index (χ4v) is 3.00. The van der Waals surface area contributed by atoms with Gasteiger partial charge in [0.15, 0.2) is 6.10 Å². The van der Waals surface area contributed by atoms with Crippen LogP contribution in [-0.2, 0) is 4.74 Å². The van der Waals surface area contributed by atoms with E-state index in [4.69, 9.17) is 9.15 Å². The molecule has 0 aliphatic rings. The summed E-state index contributed by atoms with van der Waals surface area (Å²) in [6.45, 7) is 1.69. The highest BCUT2D eigenvalue weighted by atomic mass is 32.2. The highest BCUT2D eigenvalue weighted by Gasteiger charge is 2.21. The van der Waals surface area contributed by atoms with Gasteiger partial charge >= 0.3 is 5.97 Å². The van der Waals surface area contributed by atoms with Crippen molar-refractivity contribution in [3.05, 3.63) is 70.0 Å². The number of nitrogens with zero attached hydrogens (tertiary/aromatic N) is 1. The second-order valence-electron chi connectivity index (χ2n) is 5.38. The van der Waals surface area contributed by atoms with Gasteiger partial charge in [-0.3, -0.25) is 10.1 Å². The molecule has 6 nitrogen and oxygen atoms in total. The molecule has 0 aliphatic carbocycles. The third-order valence-corrected chi connectivity index (χ3v) is 4.53. The first-order valence-electron chi connectivity index (χ1n) is 7.51. The number of para-hydroxylation sites is 1. The molecule has 3 rings (SSSR count). The van der Waals surface area contributed by atoms with Gasteiger partial charge in [0.25, 0.3) is 5.69 Å². The fraction of sp³-hybridized carbons (Fsp3) is 0.167. The Morgan fingerprint density at radius 1 is 1.24 bits per heavy atom. The van der Waals surface area contributed by atoms with Crippen LogP contribution in [0.5, 0.6) is 0 Å². The van der Waals surface area contributed by atoms with Crippen LogP contribution in [0.15, 0.2) is 57.8 Å². The minimum absolute atomic E-state index is 0.113. The van der Waals surface area contributed by atoms with E-state index in [1.165, 1.54) is 23.9 Å². The number of nitro groups is 1. The molecule has 2 aromatic carbocycles. The molecule has 0 bridgehead atoms. The van der Waals surface area contributed by atoms with Gasteiger partial charge in [-0.2, -0.15) is 0 Å². The molecule has 128 valence electrons. The summed E-state index contributed by atoms with van der Waals surface area (Å²) in [5.41, 5.74) is 0.728. The van der Waals surface area contributed by atoms with Crippen molar-refractivity contribution in [2.24, 2.45) is 0 Å². The van der Waals surface area contributed by atoms with Crippen LogP contribution in [0.1, 0.15) is 29.1 Å². The summed E-state index contributed by atoms with van der Waals surface area (Å²) >= 11 is 1.25. The maximum absolute atomic E-state index is 12.3. The van der Waals surface area contributed by atoms with Crippen LogP contribution in [0.2, 0.25) is 0 Å². The molecule has 0 amide bonds. The van der Waals surface area contributed by atoms with E-state index in [0.29, 0.717) is 16.2 Å². The van der Waals surface area contributed by atoms with Gasteiger partial charge in [-0.25, -0.2) is 4.79 Å². The lowest BCUT2D eigenvalue weighted by Crippen LogP contribution is -2.09. The minimum Gasteiger partial charge on any atom is -0.457 e. The van der Waals surface area contributed by atoms with E-state index in [-0.39, 0.29) is 11.3 Å². The number of benzene rings is 2. The summed E-state index contributed by atoms with van der Waals surface area (Å²) < 4.78 is 11.1. The van der Waals surface area contributed by atoms with Crippen molar-refractivity contribution in [3.63, 3.8) is 0 Å². The number of nitro benzene ring substituents is 1. The molecule has 0 radical (unpaired) electrons. The van der Waals surface area contributed by atoms with Crippen molar-refractivity contribution in [2.45, 2.75) is 17.9 Å². The molecule has 1 aromatic heterocycles. The average Bonchev–Trinajstić information content (AvgIpc) is 3.05. The van der Waals surface area contributed by atoms with Crippen LogP contribution in [-0.4, -0.2) is 17.1 Å². The lowest BCUT2D eigenvalue weighted by Gasteiger charge is -2.11. The molecule has 0 fully saturated rings. The topological polar surface area (TPSA) is 82.6 Å². The molecule has 0 aliphatic heterocycles. The third-order valence-electron chi connectivity index (χ3n) is 3.74. The predicted octanol–water partition coefficient (Wildman–Crippen LogP) is 4.98. The molecule has 0 saturated carbocycles. The first-order chi connectivity index (χ1) is 12.0. The second-order valence-corrected chi connectivity index (χ2v) is 6.23. The number of esters is 1. The van der Waals surface area contributed by atoms with Crippen LogP contribution < -0.4 is 0 Å². The van der Waals surface area contributed by atoms with Gasteiger partial charge in [0.2, 0.25) is 0 Å². The van der Waals surface area contributed by atoms with Gasteiger partial charge in [-0.15, -0.1) is 11.8 Å². The number of thioether (sulfide) groups is 1. The summed E-state index contributed by atoms with van der Waals surface area (Å²) in [5, 5.41) is 12.0. The van der Waals surface area contributed by atoms with Crippen molar-refractivity contribution in [3.8, 4) is 0 Å². The highest BCUT2D eigenvalue weighted by molar-refractivity contribution is 7.98. The normalized spacial score (nSPS) is 12.1. The number of ether oxygens (including phenoxy) is 1. The molecule has 7 heteroatoms. The van der Waals surface area contributed by atoms with Crippen LogP contribution in [0.4, 0.5) is 5.69 Å². The first kappa shape index (κ1) is 17.0. The zero-order valence-electron chi connectivity index (χ0n) is 13.6. The van der Waals surface area contributed by atoms with Crippen molar-refractivity contribution < 1.29 is 18.9 Å². The smallest absolute Gasteiger partial charge is 0.339 e. The Hall–Kier alpha value is -2.80. The number of carbonyl (C=O) groups excluding carboxylic acids is 1. The summed E-state index contributed by atoms with van der Waals surface area (Å²) in [7, 11) is 0. The Labute approximate surface area is 147 Å². The Balaban J connectivity index is 1.81. The van der Waals surface area contributed by atoms with Crippen molar-refractivity contribution >= 4 is 34.4 Å². The van der Waals surface area contributed by atoms with Gasteiger partial charge in [0, 0.05) is 11.5 Å². The Kier molecular flexibility index (Phi) is 4.76. The zero-order chi connectivity index (χ0) is 18.0. The largest absolute Gasteiger partial charge is 0.457 e. The SMILES string of the molecule is CSc1ccc(C(=O)O[C@@H](C)c2cc3ccccc3o2)cc1[N+](=O)[O-]. The van der Waals surface area contributed by atoms with Crippen molar-refractivity contribution in [2.75, 3.05) is 6.26 Å². The average molecular weight is 357 g/mol. The number of carbonyl (C=O) groups is 1. The molecule has 1 atom stereocenters. The Morgan fingerprint density at radius 2 is 2.00 bits per heavy atom. The van der Waals surface area contributed by atoms with E-state index in [1.54, 1.807) is 19.2 Å². The van der Waals surface area contributed by atoms with Gasteiger partial charge < -0.3 is 9.15 Å². The number of furan rings is 1. The number of rotatable bonds is 5. The quantitative estimate of drug-likeness (QED) is 0.277. The van der Waals surface area contributed by atoms with Gasteiger partial charge in [-0.1, -0.05) is 18.2 Å². The lowest BCUT2D eigenvalue weighted by atomic mass is 10.2. The van der Waals surface area contributed by atoms with E-state index >= 15 is 0 Å². The van der Waals surface area contributed by atoms with E-state index in [9.17, 15) is 14.9 Å². The monoisotopic (exact) mass is 357 g/mol. The van der Waals surface area contributed by atoms with Gasteiger partial charge in [0.1, 0.15) is 11.3 Å². The standard InChI is InChI=1S/C18H15NO5S/c1-11(16-10-12-5-3-4-6-15(12)24-16)23-18(20)13-7-8-17(25-2)14(9-13)19(21)22/h3-11H,1-2H3/t11-/m0/s1. The van der Waals surface area contributed by atoms with E-state index in [0.717, 1.165) is 5.39 Å². The van der Waals surface area contributed by atoms with Crippen LogP contribution in [0.25, 0.3) is 11.0 Å². The Bertz CT molecular complexity index is 917. The van der Waals surface area contributed by atoms with Gasteiger partial charge in [-0.05, 0) is 37.4 Å². The Morgan fingerprint density at radius 3 is 2.68 bits per heavy atom. The molecule has 25 heavy (non-hydrogen) atoms. The van der Waals surface area contributed by atoms with Crippen LogP contribution in [0, 0.1) is 10.1 Å². The third kappa shape index (κ3) is 3.51. The first-order valence-corrected chi connectivity index (χ1v) is 8.74. The lowest BCUT2D eigenvalue weighted by molar-refractivity contribution is -0.387. The number of fused-ring (bicyclic) bond motifs is 1. The number of hydrogen-bond donors (Lipinski definition) is 0. The maximum atomic E-state index is 12.3. The van der Waals surface area contributed by atoms with E-state index in [2.05, 4.69) is 0 Å². The zero-order valence-corrected chi connectivity index (χ0v) is 14.4. The fourth-order valence-electron chi connectivity index (χ4n) is 2.45. The van der Waals surface area contributed by atoms with Crippen LogP contribution in [0.3, 0.4) is 0 Å². The molecule has 0 N–H and O–H groups in total. The summed E-state index contributed by atoms with van der Waals surface area (Å²) in [5.74, 6) is -0.117. The maximum Gasteiger partial charge on any atom is 0.339 e. The summed E-state index contributed by atoms with van der Waals surface area (Å²) in [6, 6.07) is 13.6. The van der Waals surface area contributed by atoms with Crippen molar-refractivity contribution in [1.29, 1.82) is 0 Å². The number of hydrogen-bond acceptors (Lipinski definition) is 6. The second kappa shape index (κ2) is 6.98. The molecule has 0 spiro atoms. The van der Waals surface area contributed by atoms with Crippen molar-refractivity contribution in [1.82, 2.24) is 0 Å². The van der Waals surface area contributed by atoms with Gasteiger partial charge in [0.05, 0.1) is 15.4 Å². The van der Waals surface area contributed by atoms with E-state index < -0.39 is 17.0 Å². The van der Waals surface area contributed by atoms with E-state index in [1.807, 2.05) is 30.3 Å². The summed E-state index contributed by atoms with van der Waals surface area (Å²) in [6.07, 6.45) is 1.13. The molecular weight excluding hydrogens is 342 g/mol. The molecule has 0 unspecified atom stereocenters. The molecular formula is C18H15NO5S. The van der Waals surface area contributed by atoms with Crippen LogP contribution >= 0.6 is 11.8 Å². The highest BCUT2D eigenvalue weighted by Crippen LogP contribution is 2.30. The summed E-state index contributed by atoms with van der Waals surface area (Å²) in [4.78, 5) is 23.4.